The molecular weight excluding hydrogens is 234 g/mol. The summed E-state index contributed by atoms with van der Waals surface area (Å²) < 4.78 is 0. The van der Waals surface area contributed by atoms with E-state index >= 15 is 0 Å². The average molecular weight is 254 g/mol. The Kier molecular flexibility index (Phi) is 4.05. The Balaban J connectivity index is 2.05. The monoisotopic (exact) mass is 253 g/mol. The molecule has 94 valence electrons. The zero-order valence-corrected chi connectivity index (χ0v) is 11.2. The normalized spacial score (nSPS) is 31.2. The van der Waals surface area contributed by atoms with Crippen molar-refractivity contribution in [3.8, 4) is 0 Å². The van der Waals surface area contributed by atoms with Crippen LogP contribution in [0.5, 0.6) is 0 Å². The molecule has 1 aliphatic rings. The highest BCUT2D eigenvalue weighted by molar-refractivity contribution is 6.30. The maximum absolute atomic E-state index is 10.3. The van der Waals surface area contributed by atoms with Crippen molar-refractivity contribution in [2.45, 2.75) is 39.2 Å². The first kappa shape index (κ1) is 12.8. The van der Waals surface area contributed by atoms with Crippen LogP contribution < -0.4 is 0 Å². The highest BCUT2D eigenvalue weighted by atomic mass is 35.5. The summed E-state index contributed by atoms with van der Waals surface area (Å²) in [5.74, 6) is 1.81. The molecule has 1 saturated carbocycles. The molecule has 0 radical (unpaired) electrons. The van der Waals surface area contributed by atoms with Gasteiger partial charge in [-0.15, -0.1) is 0 Å². The number of aliphatic hydroxyl groups excluding tert-OH is 1. The lowest BCUT2D eigenvalue weighted by molar-refractivity contribution is 0.0531. The van der Waals surface area contributed by atoms with Crippen molar-refractivity contribution < 1.29 is 5.11 Å². The molecule has 1 heterocycles. The lowest BCUT2D eigenvalue weighted by Crippen LogP contribution is -2.25. The summed E-state index contributed by atoms with van der Waals surface area (Å²) in [6.07, 6.45) is 4.55. The van der Waals surface area contributed by atoms with E-state index in [9.17, 15) is 5.11 Å². The van der Waals surface area contributed by atoms with Crippen LogP contribution in [0, 0.1) is 17.8 Å². The summed E-state index contributed by atoms with van der Waals surface area (Å²) in [6, 6.07) is 3.62. The van der Waals surface area contributed by atoms with Crippen molar-refractivity contribution in [2.24, 2.45) is 17.8 Å². The van der Waals surface area contributed by atoms with E-state index in [1.807, 2.05) is 6.07 Å². The van der Waals surface area contributed by atoms with Gasteiger partial charge in [0.2, 0.25) is 0 Å². The fourth-order valence-electron chi connectivity index (χ4n) is 2.68. The van der Waals surface area contributed by atoms with E-state index in [1.165, 1.54) is 6.42 Å². The van der Waals surface area contributed by atoms with Gasteiger partial charge in [0.15, 0.2) is 0 Å². The molecule has 17 heavy (non-hydrogen) atoms. The van der Waals surface area contributed by atoms with Crippen molar-refractivity contribution in [1.82, 2.24) is 4.98 Å². The predicted molar refractivity (Wildman–Crippen MR) is 69.9 cm³/mol. The Morgan fingerprint density at radius 2 is 2.06 bits per heavy atom. The van der Waals surface area contributed by atoms with Gasteiger partial charge in [0, 0.05) is 6.20 Å². The lowest BCUT2D eigenvalue weighted by Gasteiger charge is -2.34. The number of hydrogen-bond acceptors (Lipinski definition) is 2. The average Bonchev–Trinajstić information content (AvgIpc) is 2.33. The minimum atomic E-state index is -0.442. The van der Waals surface area contributed by atoms with Gasteiger partial charge in [-0.05, 0) is 42.7 Å². The zero-order valence-electron chi connectivity index (χ0n) is 10.4. The Hall–Kier alpha value is -0.600. The van der Waals surface area contributed by atoms with Crippen LogP contribution in [0.3, 0.4) is 0 Å². The molecule has 0 spiro atoms. The molecular formula is C14H20ClNO. The number of halogens is 1. The first-order chi connectivity index (χ1) is 8.08. The molecule has 2 rings (SSSR count). The number of aromatic nitrogens is 1. The van der Waals surface area contributed by atoms with E-state index in [4.69, 9.17) is 11.6 Å². The summed E-state index contributed by atoms with van der Waals surface area (Å²) in [5.41, 5.74) is 0.751. The number of aliphatic hydroxyl groups is 1. The summed E-state index contributed by atoms with van der Waals surface area (Å²) >= 11 is 5.80. The minimum absolute atomic E-state index is 0.342. The van der Waals surface area contributed by atoms with Crippen molar-refractivity contribution in [2.75, 3.05) is 0 Å². The third-order valence-electron chi connectivity index (χ3n) is 4.14. The molecule has 3 heteroatoms. The molecule has 0 aromatic carbocycles. The molecule has 1 fully saturated rings. The van der Waals surface area contributed by atoms with Crippen LogP contribution in [0.15, 0.2) is 18.3 Å². The van der Waals surface area contributed by atoms with Gasteiger partial charge in [0.05, 0.1) is 16.8 Å². The van der Waals surface area contributed by atoms with E-state index in [-0.39, 0.29) is 0 Å². The molecule has 2 nitrogen and oxygen atoms in total. The summed E-state index contributed by atoms with van der Waals surface area (Å²) in [7, 11) is 0. The second-order valence-electron chi connectivity index (χ2n) is 5.37. The Labute approximate surface area is 108 Å². The molecule has 0 aliphatic heterocycles. The molecule has 0 saturated heterocycles. The minimum Gasteiger partial charge on any atom is -0.387 e. The van der Waals surface area contributed by atoms with E-state index < -0.39 is 6.10 Å². The Bertz CT molecular complexity index is 365. The third-order valence-corrected chi connectivity index (χ3v) is 4.36. The fraction of sp³-hybridized carbons (Fsp3) is 0.643. The van der Waals surface area contributed by atoms with Crippen LogP contribution in [0.1, 0.15) is 44.9 Å². The summed E-state index contributed by atoms with van der Waals surface area (Å²) in [6.45, 7) is 4.58. The largest absolute Gasteiger partial charge is 0.387 e. The predicted octanol–water partition coefficient (Wildman–Crippen LogP) is 3.84. The molecule has 4 unspecified atom stereocenters. The maximum Gasteiger partial charge on any atom is 0.0987 e. The van der Waals surface area contributed by atoms with Gasteiger partial charge < -0.3 is 5.11 Å². The first-order valence-electron chi connectivity index (χ1n) is 6.37. The van der Waals surface area contributed by atoms with Crippen LogP contribution in [0.4, 0.5) is 0 Å². The smallest absolute Gasteiger partial charge is 0.0987 e. The second-order valence-corrected chi connectivity index (χ2v) is 5.81. The van der Waals surface area contributed by atoms with E-state index in [2.05, 4.69) is 18.8 Å². The lowest BCUT2D eigenvalue weighted by atomic mass is 9.73. The van der Waals surface area contributed by atoms with Crippen LogP contribution >= 0.6 is 11.6 Å². The molecule has 1 N–H and O–H groups in total. The van der Waals surface area contributed by atoms with Crippen molar-refractivity contribution in [3.63, 3.8) is 0 Å². The van der Waals surface area contributed by atoms with Crippen LogP contribution in [0.25, 0.3) is 0 Å². The van der Waals surface area contributed by atoms with E-state index in [0.29, 0.717) is 16.9 Å². The maximum atomic E-state index is 10.3. The van der Waals surface area contributed by atoms with Crippen molar-refractivity contribution in [1.29, 1.82) is 0 Å². The quantitative estimate of drug-likeness (QED) is 0.869. The fourth-order valence-corrected chi connectivity index (χ4v) is 2.79. The zero-order chi connectivity index (χ0) is 12.4. The Morgan fingerprint density at radius 3 is 2.65 bits per heavy atom. The highest BCUT2D eigenvalue weighted by Crippen LogP contribution is 2.39. The van der Waals surface area contributed by atoms with Crippen LogP contribution in [0.2, 0.25) is 5.02 Å². The van der Waals surface area contributed by atoms with Gasteiger partial charge in [-0.25, -0.2) is 0 Å². The number of hydrogen-bond donors (Lipinski definition) is 1. The number of rotatable bonds is 2. The summed E-state index contributed by atoms with van der Waals surface area (Å²) in [5, 5.41) is 11.0. The van der Waals surface area contributed by atoms with Gasteiger partial charge in [-0.1, -0.05) is 31.9 Å². The highest BCUT2D eigenvalue weighted by Gasteiger charge is 2.30. The standard InChI is InChI=1S/C14H20ClNO/c1-9-3-4-11(7-10(9)2)14(17)13-6-5-12(15)8-16-13/h5-6,8-11,14,17H,3-4,7H2,1-2H3. The van der Waals surface area contributed by atoms with Gasteiger partial charge >= 0.3 is 0 Å². The van der Waals surface area contributed by atoms with E-state index in [1.54, 1.807) is 12.3 Å². The van der Waals surface area contributed by atoms with Gasteiger partial charge in [-0.3, -0.25) is 4.98 Å². The molecule has 4 atom stereocenters. The number of pyridine rings is 1. The van der Waals surface area contributed by atoms with Gasteiger partial charge in [0.25, 0.3) is 0 Å². The molecule has 0 amide bonds. The number of nitrogens with zero attached hydrogens (tertiary/aromatic N) is 1. The van der Waals surface area contributed by atoms with Gasteiger partial charge in [-0.2, -0.15) is 0 Å². The van der Waals surface area contributed by atoms with Crippen molar-refractivity contribution in [3.05, 3.63) is 29.0 Å². The van der Waals surface area contributed by atoms with Crippen molar-refractivity contribution >= 4 is 11.6 Å². The van der Waals surface area contributed by atoms with Gasteiger partial charge in [0.1, 0.15) is 0 Å². The third kappa shape index (κ3) is 2.99. The molecule has 0 bridgehead atoms. The summed E-state index contributed by atoms with van der Waals surface area (Å²) in [4.78, 5) is 4.22. The topological polar surface area (TPSA) is 33.1 Å². The molecule has 1 aliphatic carbocycles. The van der Waals surface area contributed by atoms with Crippen LogP contribution in [-0.2, 0) is 0 Å². The van der Waals surface area contributed by atoms with E-state index in [0.717, 1.165) is 24.5 Å². The molecule has 1 aromatic heterocycles. The first-order valence-corrected chi connectivity index (χ1v) is 6.75. The Morgan fingerprint density at radius 1 is 1.29 bits per heavy atom. The second kappa shape index (κ2) is 5.36. The SMILES string of the molecule is CC1CCC(C(O)c2ccc(Cl)cn2)CC1C. The molecule has 1 aromatic rings. The van der Waals surface area contributed by atoms with Crippen LogP contribution in [-0.4, -0.2) is 10.1 Å².